The quantitative estimate of drug-likeness (QED) is 0.832. The standard InChI is InChI=1S/C9H15N5O.ClH/c1-3-10-7-11-8-13(4-2)5-6-14(8)9(15)12-7;/h3-6H2,1-2H3,(H,10,12,15);1H. The van der Waals surface area contributed by atoms with Crippen molar-refractivity contribution >= 4 is 24.3 Å². The zero-order chi connectivity index (χ0) is 10.8. The summed E-state index contributed by atoms with van der Waals surface area (Å²) in [5.74, 6) is 1.16. The van der Waals surface area contributed by atoms with Crippen molar-refractivity contribution in [2.45, 2.75) is 20.4 Å². The van der Waals surface area contributed by atoms with Gasteiger partial charge in [-0.1, -0.05) is 0 Å². The Bertz CT molecular complexity index is 419. The molecular formula is C9H16ClN5O. The highest BCUT2D eigenvalue weighted by Gasteiger charge is 2.21. The number of halogens is 1. The smallest absolute Gasteiger partial charge is 0.353 e. The van der Waals surface area contributed by atoms with Crippen LogP contribution in [0.2, 0.25) is 0 Å². The normalized spacial score (nSPS) is 13.2. The second kappa shape index (κ2) is 5.16. The molecule has 1 aliphatic rings. The Morgan fingerprint density at radius 2 is 2.06 bits per heavy atom. The Hall–Kier alpha value is -1.30. The van der Waals surface area contributed by atoms with Crippen LogP contribution in [0.3, 0.4) is 0 Å². The van der Waals surface area contributed by atoms with Crippen LogP contribution >= 0.6 is 12.4 Å². The summed E-state index contributed by atoms with van der Waals surface area (Å²) in [5, 5.41) is 2.96. The van der Waals surface area contributed by atoms with Crippen LogP contribution in [0.1, 0.15) is 13.8 Å². The maximum absolute atomic E-state index is 11.6. The summed E-state index contributed by atoms with van der Waals surface area (Å²) in [6.07, 6.45) is 0. The highest BCUT2D eigenvalue weighted by molar-refractivity contribution is 5.85. The third kappa shape index (κ3) is 2.11. The SMILES string of the molecule is CCNc1nc2n(c(=O)n1)CCN2CC.Cl. The van der Waals surface area contributed by atoms with E-state index < -0.39 is 0 Å². The number of nitrogens with zero attached hydrogens (tertiary/aromatic N) is 4. The van der Waals surface area contributed by atoms with Gasteiger partial charge in [0.25, 0.3) is 0 Å². The molecular weight excluding hydrogens is 230 g/mol. The summed E-state index contributed by atoms with van der Waals surface area (Å²) in [7, 11) is 0. The number of rotatable bonds is 3. The van der Waals surface area contributed by atoms with E-state index in [0.717, 1.165) is 25.6 Å². The predicted octanol–water partition coefficient (Wildman–Crippen LogP) is 0.332. The molecule has 16 heavy (non-hydrogen) atoms. The maximum Gasteiger partial charge on any atom is 0.353 e. The lowest BCUT2D eigenvalue weighted by Gasteiger charge is -2.14. The average molecular weight is 246 g/mol. The van der Waals surface area contributed by atoms with Gasteiger partial charge in [-0.3, -0.25) is 4.57 Å². The van der Waals surface area contributed by atoms with Crippen molar-refractivity contribution in [1.82, 2.24) is 14.5 Å². The summed E-state index contributed by atoms with van der Waals surface area (Å²) >= 11 is 0. The molecule has 90 valence electrons. The first-order valence-corrected chi connectivity index (χ1v) is 5.24. The molecule has 2 rings (SSSR count). The average Bonchev–Trinajstić information content (AvgIpc) is 2.61. The molecule has 1 aromatic rings. The Morgan fingerprint density at radius 3 is 2.69 bits per heavy atom. The molecule has 2 heterocycles. The molecule has 0 atom stereocenters. The van der Waals surface area contributed by atoms with Crippen molar-refractivity contribution in [3.05, 3.63) is 10.5 Å². The number of hydrogen-bond acceptors (Lipinski definition) is 5. The van der Waals surface area contributed by atoms with E-state index in [-0.39, 0.29) is 18.1 Å². The first-order chi connectivity index (χ1) is 7.26. The minimum absolute atomic E-state index is 0. The lowest BCUT2D eigenvalue weighted by Crippen LogP contribution is -2.26. The van der Waals surface area contributed by atoms with Crippen LogP contribution in [0.4, 0.5) is 11.9 Å². The van der Waals surface area contributed by atoms with Crippen LogP contribution in [0.25, 0.3) is 0 Å². The number of hydrogen-bond donors (Lipinski definition) is 1. The number of likely N-dealkylation sites (N-methyl/N-ethyl adjacent to an activating group) is 1. The van der Waals surface area contributed by atoms with E-state index in [1.807, 2.05) is 6.92 Å². The molecule has 1 aromatic heterocycles. The Labute approximate surface area is 100 Å². The molecule has 0 amide bonds. The molecule has 0 fully saturated rings. The molecule has 0 radical (unpaired) electrons. The van der Waals surface area contributed by atoms with Gasteiger partial charge in [0.15, 0.2) is 0 Å². The van der Waals surface area contributed by atoms with E-state index in [1.54, 1.807) is 4.57 Å². The molecule has 0 saturated carbocycles. The second-order valence-electron chi connectivity index (χ2n) is 3.39. The number of nitrogens with one attached hydrogen (secondary N) is 1. The van der Waals surface area contributed by atoms with Crippen molar-refractivity contribution in [2.24, 2.45) is 0 Å². The second-order valence-corrected chi connectivity index (χ2v) is 3.39. The molecule has 0 aromatic carbocycles. The van der Waals surface area contributed by atoms with Gasteiger partial charge in [-0.05, 0) is 13.8 Å². The van der Waals surface area contributed by atoms with Crippen molar-refractivity contribution in [1.29, 1.82) is 0 Å². The van der Waals surface area contributed by atoms with E-state index in [0.29, 0.717) is 12.5 Å². The summed E-state index contributed by atoms with van der Waals surface area (Å²) in [4.78, 5) is 21.9. The molecule has 7 heteroatoms. The molecule has 1 N–H and O–H groups in total. The van der Waals surface area contributed by atoms with Crippen molar-refractivity contribution in [3.63, 3.8) is 0 Å². The highest BCUT2D eigenvalue weighted by Crippen LogP contribution is 2.15. The fraction of sp³-hybridized carbons (Fsp3) is 0.667. The predicted molar refractivity (Wildman–Crippen MR) is 65.6 cm³/mol. The largest absolute Gasteiger partial charge is 0.354 e. The minimum atomic E-state index is -0.216. The molecule has 0 saturated heterocycles. The minimum Gasteiger partial charge on any atom is -0.354 e. The van der Waals surface area contributed by atoms with Gasteiger partial charge in [0.2, 0.25) is 11.9 Å². The van der Waals surface area contributed by atoms with E-state index >= 15 is 0 Å². The van der Waals surface area contributed by atoms with Crippen LogP contribution < -0.4 is 15.9 Å². The molecule has 0 bridgehead atoms. The van der Waals surface area contributed by atoms with Crippen LogP contribution in [-0.4, -0.2) is 34.2 Å². The molecule has 6 nitrogen and oxygen atoms in total. The van der Waals surface area contributed by atoms with Crippen LogP contribution in [-0.2, 0) is 6.54 Å². The van der Waals surface area contributed by atoms with Gasteiger partial charge >= 0.3 is 5.69 Å². The monoisotopic (exact) mass is 245 g/mol. The third-order valence-corrected chi connectivity index (χ3v) is 2.47. The Balaban J connectivity index is 0.00000128. The van der Waals surface area contributed by atoms with Gasteiger partial charge in [0, 0.05) is 26.2 Å². The summed E-state index contributed by atoms with van der Waals surface area (Å²) in [6, 6.07) is 0. The highest BCUT2D eigenvalue weighted by atomic mass is 35.5. The van der Waals surface area contributed by atoms with Gasteiger partial charge in [-0.25, -0.2) is 4.79 Å². The zero-order valence-corrected chi connectivity index (χ0v) is 10.3. The summed E-state index contributed by atoms with van der Waals surface area (Å²) < 4.78 is 1.62. The van der Waals surface area contributed by atoms with E-state index in [4.69, 9.17) is 0 Å². The van der Waals surface area contributed by atoms with Crippen molar-refractivity contribution < 1.29 is 0 Å². The lowest BCUT2D eigenvalue weighted by atomic mass is 10.6. The van der Waals surface area contributed by atoms with E-state index in [9.17, 15) is 4.79 Å². The Morgan fingerprint density at radius 1 is 1.31 bits per heavy atom. The molecule has 0 unspecified atom stereocenters. The van der Waals surface area contributed by atoms with Gasteiger partial charge in [0.05, 0.1) is 0 Å². The Kier molecular flexibility index (Phi) is 4.12. The number of fused-ring (bicyclic) bond motifs is 1. The fourth-order valence-electron chi connectivity index (χ4n) is 1.71. The fourth-order valence-corrected chi connectivity index (χ4v) is 1.71. The van der Waals surface area contributed by atoms with E-state index in [2.05, 4.69) is 27.1 Å². The molecule has 1 aliphatic heterocycles. The van der Waals surface area contributed by atoms with E-state index in [1.165, 1.54) is 0 Å². The van der Waals surface area contributed by atoms with Gasteiger partial charge in [-0.15, -0.1) is 12.4 Å². The lowest BCUT2D eigenvalue weighted by molar-refractivity contribution is 0.724. The van der Waals surface area contributed by atoms with Crippen LogP contribution in [0, 0.1) is 0 Å². The van der Waals surface area contributed by atoms with Crippen LogP contribution in [0.5, 0.6) is 0 Å². The number of anilines is 2. The van der Waals surface area contributed by atoms with Crippen LogP contribution in [0.15, 0.2) is 4.79 Å². The zero-order valence-electron chi connectivity index (χ0n) is 9.43. The van der Waals surface area contributed by atoms with Gasteiger partial charge in [0.1, 0.15) is 0 Å². The molecule has 0 aliphatic carbocycles. The topological polar surface area (TPSA) is 63.1 Å². The first-order valence-electron chi connectivity index (χ1n) is 5.24. The van der Waals surface area contributed by atoms with Gasteiger partial charge in [-0.2, -0.15) is 9.97 Å². The van der Waals surface area contributed by atoms with Crippen molar-refractivity contribution in [3.8, 4) is 0 Å². The van der Waals surface area contributed by atoms with Gasteiger partial charge < -0.3 is 10.2 Å². The maximum atomic E-state index is 11.6. The summed E-state index contributed by atoms with van der Waals surface area (Å²) in [5.41, 5.74) is -0.216. The molecule has 0 spiro atoms. The van der Waals surface area contributed by atoms with Crippen molar-refractivity contribution in [2.75, 3.05) is 29.9 Å². The summed E-state index contributed by atoms with van der Waals surface area (Å²) in [6.45, 7) is 7.11. The first kappa shape index (κ1) is 12.8. The number of aromatic nitrogens is 3. The third-order valence-electron chi connectivity index (χ3n) is 2.47.